The number of piperazine rings is 1. The number of aromatic amines is 1. The minimum Gasteiger partial charge on any atom is -0.459 e. The number of aromatic nitrogens is 1. The summed E-state index contributed by atoms with van der Waals surface area (Å²) in [5, 5.41) is 3.69. The molecule has 0 radical (unpaired) electrons. The standard InChI is InChI=1S/C23H23N5O5/c29-20(26-7-9-27(10-8-26)22(31)19-6-3-11-33-19)14-28-21(30)18(25-23(28)32)12-15-13-24-17-5-2-1-4-16(15)17/h1-6,11,13,18,24H,7-10,12,14H2,(H,25,32). The lowest BCUT2D eigenvalue weighted by atomic mass is 10.1. The summed E-state index contributed by atoms with van der Waals surface area (Å²) >= 11 is 0. The number of nitrogens with one attached hydrogen (secondary N) is 2. The van der Waals surface area contributed by atoms with E-state index in [4.69, 9.17) is 4.42 Å². The number of carbonyl (C=O) groups is 4. The number of carbonyl (C=O) groups excluding carboxylic acids is 4. The number of hydrogen-bond donors (Lipinski definition) is 2. The van der Waals surface area contributed by atoms with Crippen molar-refractivity contribution in [3.05, 3.63) is 60.2 Å². The zero-order valence-corrected chi connectivity index (χ0v) is 17.8. The third kappa shape index (κ3) is 3.95. The predicted molar refractivity (Wildman–Crippen MR) is 117 cm³/mol. The van der Waals surface area contributed by atoms with Gasteiger partial charge in [-0.1, -0.05) is 18.2 Å². The Morgan fingerprint density at radius 2 is 1.76 bits per heavy atom. The Hall–Kier alpha value is -4.08. The topological polar surface area (TPSA) is 119 Å². The van der Waals surface area contributed by atoms with Gasteiger partial charge in [0.1, 0.15) is 12.6 Å². The molecule has 2 fully saturated rings. The first-order valence-corrected chi connectivity index (χ1v) is 10.8. The molecule has 5 rings (SSSR count). The van der Waals surface area contributed by atoms with Gasteiger partial charge in [-0.05, 0) is 23.8 Å². The van der Waals surface area contributed by atoms with Crippen LogP contribution < -0.4 is 5.32 Å². The van der Waals surface area contributed by atoms with E-state index < -0.39 is 18.0 Å². The number of para-hydroxylation sites is 1. The molecule has 0 bridgehead atoms. The minimum absolute atomic E-state index is 0.221. The summed E-state index contributed by atoms with van der Waals surface area (Å²) in [4.78, 5) is 57.8. The van der Waals surface area contributed by atoms with Gasteiger partial charge in [0.2, 0.25) is 5.91 Å². The van der Waals surface area contributed by atoms with Gasteiger partial charge in [0.25, 0.3) is 11.8 Å². The van der Waals surface area contributed by atoms with Crippen LogP contribution in [0.25, 0.3) is 10.9 Å². The molecule has 33 heavy (non-hydrogen) atoms. The predicted octanol–water partition coefficient (Wildman–Crippen LogP) is 1.21. The van der Waals surface area contributed by atoms with Gasteiger partial charge in [-0.15, -0.1) is 0 Å². The van der Waals surface area contributed by atoms with Gasteiger partial charge in [0.15, 0.2) is 5.76 Å². The number of H-pyrrole nitrogens is 1. The minimum atomic E-state index is -0.715. The molecule has 5 amide bonds. The van der Waals surface area contributed by atoms with Crippen molar-refractivity contribution in [1.29, 1.82) is 0 Å². The fourth-order valence-corrected chi connectivity index (χ4v) is 4.34. The summed E-state index contributed by atoms with van der Waals surface area (Å²) in [5.74, 6) is -0.696. The molecule has 10 heteroatoms. The lowest BCUT2D eigenvalue weighted by Gasteiger charge is -2.34. The van der Waals surface area contributed by atoms with Gasteiger partial charge in [0, 0.05) is 49.7 Å². The van der Waals surface area contributed by atoms with Crippen LogP contribution in [0.4, 0.5) is 4.79 Å². The number of hydrogen-bond acceptors (Lipinski definition) is 5. The fourth-order valence-electron chi connectivity index (χ4n) is 4.34. The van der Waals surface area contributed by atoms with Crippen molar-refractivity contribution in [2.45, 2.75) is 12.5 Å². The zero-order valence-electron chi connectivity index (χ0n) is 17.8. The van der Waals surface area contributed by atoms with Gasteiger partial charge < -0.3 is 24.5 Å². The molecular weight excluding hydrogens is 426 g/mol. The maximum absolute atomic E-state index is 12.9. The summed E-state index contributed by atoms with van der Waals surface area (Å²) in [5.41, 5.74) is 1.88. The molecule has 1 atom stereocenters. The Bertz CT molecular complexity index is 1210. The second kappa shape index (κ2) is 8.45. The van der Waals surface area contributed by atoms with Crippen molar-refractivity contribution in [3.8, 4) is 0 Å². The average Bonchev–Trinajstić information content (AvgIpc) is 3.56. The first-order valence-electron chi connectivity index (χ1n) is 10.8. The second-order valence-electron chi connectivity index (χ2n) is 8.14. The molecule has 2 aliphatic rings. The fraction of sp³-hybridized carbons (Fsp3) is 0.304. The van der Waals surface area contributed by atoms with Crippen LogP contribution in [-0.2, 0) is 16.0 Å². The summed E-state index contributed by atoms with van der Waals surface area (Å²) in [6.07, 6.45) is 3.62. The smallest absolute Gasteiger partial charge is 0.325 e. The highest BCUT2D eigenvalue weighted by atomic mass is 16.3. The maximum Gasteiger partial charge on any atom is 0.325 e. The quantitative estimate of drug-likeness (QED) is 0.568. The molecule has 0 aliphatic carbocycles. The van der Waals surface area contributed by atoms with E-state index in [-0.39, 0.29) is 24.1 Å². The number of amides is 5. The molecule has 2 N–H and O–H groups in total. The van der Waals surface area contributed by atoms with Gasteiger partial charge in [0.05, 0.1) is 6.26 Å². The van der Waals surface area contributed by atoms with E-state index in [2.05, 4.69) is 10.3 Å². The van der Waals surface area contributed by atoms with Crippen molar-refractivity contribution >= 4 is 34.7 Å². The third-order valence-corrected chi connectivity index (χ3v) is 6.15. The molecule has 170 valence electrons. The Morgan fingerprint density at radius 1 is 1.00 bits per heavy atom. The number of nitrogens with zero attached hydrogens (tertiary/aromatic N) is 3. The normalized spacial score (nSPS) is 18.8. The Labute approximate surface area is 189 Å². The molecule has 1 aromatic carbocycles. The van der Waals surface area contributed by atoms with Gasteiger partial charge in [-0.2, -0.15) is 0 Å². The number of rotatable bonds is 5. The molecule has 2 aromatic heterocycles. The molecule has 3 aromatic rings. The molecule has 0 saturated carbocycles. The Kier molecular flexibility index (Phi) is 5.33. The van der Waals surface area contributed by atoms with Crippen molar-refractivity contribution in [3.63, 3.8) is 0 Å². The van der Waals surface area contributed by atoms with E-state index in [1.165, 1.54) is 6.26 Å². The van der Waals surface area contributed by atoms with Gasteiger partial charge in [-0.3, -0.25) is 19.3 Å². The largest absolute Gasteiger partial charge is 0.459 e. The van der Waals surface area contributed by atoms with Crippen LogP contribution in [0.2, 0.25) is 0 Å². The van der Waals surface area contributed by atoms with Gasteiger partial charge >= 0.3 is 6.03 Å². The second-order valence-corrected chi connectivity index (χ2v) is 8.14. The van der Waals surface area contributed by atoms with E-state index in [1.807, 2.05) is 30.5 Å². The van der Waals surface area contributed by atoms with Crippen LogP contribution >= 0.6 is 0 Å². The van der Waals surface area contributed by atoms with Crippen molar-refractivity contribution in [1.82, 2.24) is 25.0 Å². The average molecular weight is 449 g/mol. The lowest BCUT2D eigenvalue weighted by molar-refractivity contribution is -0.138. The molecule has 0 spiro atoms. The summed E-state index contributed by atoms with van der Waals surface area (Å²) in [6.45, 7) is 1.05. The molecule has 2 aliphatic heterocycles. The molecule has 4 heterocycles. The van der Waals surface area contributed by atoms with Crippen LogP contribution in [0.15, 0.2) is 53.3 Å². The molecule has 1 unspecified atom stereocenters. The van der Waals surface area contributed by atoms with E-state index in [9.17, 15) is 19.2 Å². The number of fused-ring (bicyclic) bond motifs is 1. The Morgan fingerprint density at radius 3 is 2.52 bits per heavy atom. The Balaban J connectivity index is 1.17. The number of imide groups is 1. The molecule has 10 nitrogen and oxygen atoms in total. The van der Waals surface area contributed by atoms with Crippen LogP contribution in [0.1, 0.15) is 16.1 Å². The highest BCUT2D eigenvalue weighted by Crippen LogP contribution is 2.21. The van der Waals surface area contributed by atoms with Crippen molar-refractivity contribution in [2.75, 3.05) is 32.7 Å². The number of urea groups is 1. The third-order valence-electron chi connectivity index (χ3n) is 6.15. The summed E-state index contributed by atoms with van der Waals surface area (Å²) in [7, 11) is 0. The zero-order chi connectivity index (χ0) is 22.9. The van der Waals surface area contributed by atoms with E-state index >= 15 is 0 Å². The van der Waals surface area contributed by atoms with Crippen molar-refractivity contribution in [2.24, 2.45) is 0 Å². The number of furan rings is 1. The monoisotopic (exact) mass is 449 g/mol. The number of benzene rings is 1. The summed E-state index contributed by atoms with van der Waals surface area (Å²) < 4.78 is 5.14. The van der Waals surface area contributed by atoms with E-state index in [0.29, 0.717) is 32.6 Å². The van der Waals surface area contributed by atoms with Crippen LogP contribution in [0, 0.1) is 0 Å². The maximum atomic E-state index is 12.9. The lowest BCUT2D eigenvalue weighted by Crippen LogP contribution is -2.53. The van der Waals surface area contributed by atoms with E-state index in [0.717, 1.165) is 21.4 Å². The summed E-state index contributed by atoms with van der Waals surface area (Å²) in [6, 6.07) is 9.71. The highest BCUT2D eigenvalue weighted by Gasteiger charge is 2.40. The van der Waals surface area contributed by atoms with Crippen LogP contribution in [-0.4, -0.2) is 82.2 Å². The van der Waals surface area contributed by atoms with E-state index in [1.54, 1.807) is 21.9 Å². The molecular formula is C23H23N5O5. The first-order chi connectivity index (χ1) is 16.0. The SMILES string of the molecule is O=C(CN1C(=O)NC(Cc2c[nH]c3ccccc23)C1=O)N1CCN(C(=O)c2ccco2)CC1. The van der Waals surface area contributed by atoms with Gasteiger partial charge in [-0.25, -0.2) is 4.79 Å². The van der Waals surface area contributed by atoms with Crippen molar-refractivity contribution < 1.29 is 23.6 Å². The molecule has 2 saturated heterocycles. The highest BCUT2D eigenvalue weighted by molar-refractivity contribution is 6.06. The van der Waals surface area contributed by atoms with Crippen LogP contribution in [0.3, 0.4) is 0 Å². The first kappa shape index (κ1) is 20.8. The van der Waals surface area contributed by atoms with Crippen LogP contribution in [0.5, 0.6) is 0 Å².